The van der Waals surface area contributed by atoms with Gasteiger partial charge in [0.25, 0.3) is 0 Å². The molecule has 1 atom stereocenters. The molecule has 0 aliphatic carbocycles. The van der Waals surface area contributed by atoms with E-state index in [2.05, 4.69) is 9.88 Å². The van der Waals surface area contributed by atoms with Crippen molar-refractivity contribution in [1.29, 1.82) is 0 Å². The van der Waals surface area contributed by atoms with Crippen molar-refractivity contribution >= 4 is 0 Å². The summed E-state index contributed by atoms with van der Waals surface area (Å²) in [6, 6.07) is 11.6. The summed E-state index contributed by atoms with van der Waals surface area (Å²) in [6.07, 6.45) is 3.70. The Labute approximate surface area is 204 Å². The van der Waals surface area contributed by atoms with E-state index in [-0.39, 0.29) is 19.0 Å². The quantitative estimate of drug-likeness (QED) is 0.473. The first-order chi connectivity index (χ1) is 16.9. The second-order valence-corrected chi connectivity index (χ2v) is 8.73. The van der Waals surface area contributed by atoms with Gasteiger partial charge in [-0.05, 0) is 48.9 Å². The largest absolute Gasteiger partial charge is 0.493 e. The van der Waals surface area contributed by atoms with Gasteiger partial charge in [-0.15, -0.1) is 0 Å². The van der Waals surface area contributed by atoms with Crippen LogP contribution in [0, 0.1) is 12.7 Å². The van der Waals surface area contributed by atoms with Crippen LogP contribution in [0.2, 0.25) is 0 Å². The van der Waals surface area contributed by atoms with Gasteiger partial charge in [0.05, 0.1) is 26.9 Å². The average Bonchev–Trinajstić information content (AvgIpc) is 3.17. The van der Waals surface area contributed by atoms with Gasteiger partial charge in [0.1, 0.15) is 36.2 Å². The van der Waals surface area contributed by atoms with E-state index in [0.29, 0.717) is 56.6 Å². The lowest BCUT2D eigenvalue weighted by molar-refractivity contribution is -0.0646. The Morgan fingerprint density at radius 3 is 2.71 bits per heavy atom. The molecular formula is C26H32FN3O5. The minimum atomic E-state index is -1.19. The van der Waals surface area contributed by atoms with Gasteiger partial charge >= 0.3 is 0 Å². The van der Waals surface area contributed by atoms with Crippen LogP contribution in [0.15, 0.2) is 54.9 Å². The summed E-state index contributed by atoms with van der Waals surface area (Å²) >= 11 is 0. The zero-order chi connectivity index (χ0) is 24.7. The van der Waals surface area contributed by atoms with Gasteiger partial charge in [-0.25, -0.2) is 9.37 Å². The number of rotatable bonds is 10. The van der Waals surface area contributed by atoms with Crippen LogP contribution < -0.4 is 14.2 Å². The fraction of sp³-hybridized carbons (Fsp3) is 0.423. The Morgan fingerprint density at radius 1 is 1.14 bits per heavy atom. The average molecular weight is 486 g/mol. The smallest absolute Gasteiger partial charge is 0.161 e. The van der Waals surface area contributed by atoms with E-state index in [0.717, 1.165) is 11.4 Å². The lowest BCUT2D eigenvalue weighted by Gasteiger charge is -2.30. The third kappa shape index (κ3) is 6.94. The number of ether oxygens (including phenoxy) is 4. The van der Waals surface area contributed by atoms with Crippen LogP contribution in [0.3, 0.4) is 0 Å². The number of hydrogen-bond donors (Lipinski definition) is 1. The zero-order valence-corrected chi connectivity index (χ0v) is 20.2. The molecule has 1 fully saturated rings. The van der Waals surface area contributed by atoms with Crippen molar-refractivity contribution in [2.75, 3.05) is 46.6 Å². The van der Waals surface area contributed by atoms with Crippen molar-refractivity contribution in [3.63, 3.8) is 0 Å². The van der Waals surface area contributed by atoms with Crippen LogP contribution in [0.4, 0.5) is 4.39 Å². The summed E-state index contributed by atoms with van der Waals surface area (Å²) in [4.78, 5) is 6.34. The lowest BCUT2D eigenvalue weighted by Crippen LogP contribution is -2.48. The molecular weight excluding hydrogens is 453 g/mol. The van der Waals surface area contributed by atoms with Crippen molar-refractivity contribution in [2.45, 2.75) is 25.6 Å². The highest BCUT2D eigenvalue weighted by atomic mass is 19.1. The van der Waals surface area contributed by atoms with Crippen LogP contribution in [0.1, 0.15) is 11.4 Å². The molecule has 2 aromatic carbocycles. The maximum absolute atomic E-state index is 13.1. The van der Waals surface area contributed by atoms with Gasteiger partial charge in [-0.1, -0.05) is 6.07 Å². The molecule has 0 saturated carbocycles. The highest BCUT2D eigenvalue weighted by molar-refractivity contribution is 5.43. The third-order valence-electron chi connectivity index (χ3n) is 5.91. The first kappa shape index (κ1) is 25.0. The molecule has 35 heavy (non-hydrogen) atoms. The summed E-state index contributed by atoms with van der Waals surface area (Å²) < 4.78 is 38.0. The number of halogens is 1. The van der Waals surface area contributed by atoms with E-state index in [4.69, 9.17) is 18.9 Å². The molecule has 8 nitrogen and oxygen atoms in total. The first-order valence-electron chi connectivity index (χ1n) is 11.6. The van der Waals surface area contributed by atoms with Crippen LogP contribution in [0.25, 0.3) is 0 Å². The molecule has 9 heteroatoms. The minimum Gasteiger partial charge on any atom is -0.493 e. The molecule has 0 amide bonds. The number of imidazole rings is 1. The highest BCUT2D eigenvalue weighted by Gasteiger charge is 2.33. The van der Waals surface area contributed by atoms with Gasteiger partial charge in [-0.2, -0.15) is 0 Å². The number of aromatic nitrogens is 2. The zero-order valence-electron chi connectivity index (χ0n) is 20.2. The Morgan fingerprint density at radius 2 is 1.97 bits per heavy atom. The van der Waals surface area contributed by atoms with E-state index in [1.807, 2.05) is 35.9 Å². The van der Waals surface area contributed by atoms with Crippen molar-refractivity contribution in [2.24, 2.45) is 0 Å². The van der Waals surface area contributed by atoms with Crippen LogP contribution >= 0.6 is 0 Å². The van der Waals surface area contributed by atoms with Crippen LogP contribution in [-0.2, 0) is 17.8 Å². The summed E-state index contributed by atoms with van der Waals surface area (Å²) in [5.74, 6) is 2.45. The second kappa shape index (κ2) is 11.5. The first-order valence-corrected chi connectivity index (χ1v) is 11.6. The number of β-amino-alcohol motifs (C(OH)–C–C–N with tert-alkyl or cyclic N) is 1. The Balaban J connectivity index is 1.35. The van der Waals surface area contributed by atoms with Crippen LogP contribution in [-0.4, -0.2) is 71.8 Å². The molecule has 0 spiro atoms. The Bertz CT molecular complexity index is 1090. The monoisotopic (exact) mass is 485 g/mol. The molecule has 1 N–H and O–H groups in total. The number of nitrogens with zero attached hydrogens (tertiary/aromatic N) is 3. The number of methoxy groups -OCH3 is 1. The van der Waals surface area contributed by atoms with E-state index < -0.39 is 5.60 Å². The van der Waals surface area contributed by atoms with Crippen molar-refractivity contribution in [3.8, 4) is 17.2 Å². The Kier molecular flexibility index (Phi) is 8.22. The molecule has 1 aromatic heterocycles. The molecule has 1 saturated heterocycles. The molecule has 1 aliphatic rings. The topological polar surface area (TPSA) is 78.2 Å². The molecule has 2 heterocycles. The van der Waals surface area contributed by atoms with Gasteiger partial charge in [0.15, 0.2) is 11.5 Å². The molecule has 3 aromatic rings. The highest BCUT2D eigenvalue weighted by Crippen LogP contribution is 2.29. The predicted octanol–water partition coefficient (Wildman–Crippen LogP) is 3.06. The van der Waals surface area contributed by atoms with Crippen molar-refractivity contribution < 1.29 is 28.4 Å². The Hall–Kier alpha value is -3.14. The van der Waals surface area contributed by atoms with Crippen molar-refractivity contribution in [1.82, 2.24) is 14.5 Å². The van der Waals surface area contributed by atoms with Gasteiger partial charge in [0, 0.05) is 32.0 Å². The predicted molar refractivity (Wildman–Crippen MR) is 128 cm³/mol. The van der Waals surface area contributed by atoms with E-state index in [1.54, 1.807) is 25.4 Å². The molecule has 188 valence electrons. The summed E-state index contributed by atoms with van der Waals surface area (Å²) in [7, 11) is 1.62. The maximum atomic E-state index is 13.1. The number of aryl methyl sites for hydroxylation is 1. The van der Waals surface area contributed by atoms with Gasteiger partial charge in [-0.3, -0.25) is 4.90 Å². The van der Waals surface area contributed by atoms with E-state index in [9.17, 15) is 9.50 Å². The minimum absolute atomic E-state index is 0.0433. The summed E-state index contributed by atoms with van der Waals surface area (Å²) in [5, 5.41) is 11.1. The number of hydrogen-bond acceptors (Lipinski definition) is 7. The lowest BCUT2D eigenvalue weighted by atomic mass is 10.1. The summed E-state index contributed by atoms with van der Waals surface area (Å²) in [6.45, 7) is 5.51. The van der Waals surface area contributed by atoms with Gasteiger partial charge < -0.3 is 28.6 Å². The SMILES string of the molecule is COc1cc(CN2CCOC[C@](O)(COc3ccc(F)cc3)C2)ccc1OCCn1ccnc1C. The fourth-order valence-corrected chi connectivity index (χ4v) is 4.05. The number of aliphatic hydroxyl groups is 1. The van der Waals surface area contributed by atoms with E-state index in [1.165, 1.54) is 12.1 Å². The normalized spacial score (nSPS) is 18.7. The standard InChI is InChI=1S/C26H32FN3O5/c1-20-28-9-10-30(20)12-14-34-24-8-3-21(15-25(24)32-2)16-29-11-13-33-18-26(31,17-29)19-35-23-6-4-22(27)5-7-23/h3-10,15,31H,11-14,16-19H2,1-2H3/t26-/m0/s1. The third-order valence-corrected chi connectivity index (χ3v) is 5.91. The van der Waals surface area contributed by atoms with Crippen molar-refractivity contribution in [3.05, 3.63) is 72.1 Å². The summed E-state index contributed by atoms with van der Waals surface area (Å²) in [5.41, 5.74) is -0.160. The van der Waals surface area contributed by atoms with E-state index >= 15 is 0 Å². The van der Waals surface area contributed by atoms with Crippen LogP contribution in [0.5, 0.6) is 17.2 Å². The maximum Gasteiger partial charge on any atom is 0.161 e. The van der Waals surface area contributed by atoms with Gasteiger partial charge in [0.2, 0.25) is 0 Å². The molecule has 4 rings (SSSR count). The fourth-order valence-electron chi connectivity index (χ4n) is 4.05. The molecule has 1 aliphatic heterocycles. The number of benzene rings is 2. The second-order valence-electron chi connectivity index (χ2n) is 8.73. The molecule has 0 bridgehead atoms. The molecule has 0 unspecified atom stereocenters. The molecule has 0 radical (unpaired) electrons.